The summed E-state index contributed by atoms with van der Waals surface area (Å²) in [5.41, 5.74) is 2.83. The molecular weight excluding hydrogens is 244 g/mol. The van der Waals surface area contributed by atoms with E-state index in [1.807, 2.05) is 12.4 Å². The zero-order valence-electron chi connectivity index (χ0n) is 9.06. The fourth-order valence-electron chi connectivity index (χ4n) is 1.15. The van der Waals surface area contributed by atoms with E-state index in [-0.39, 0.29) is 0 Å². The molecule has 0 aliphatic carbocycles. The fraction of sp³-hybridized carbons (Fsp3) is 0.444. The fourth-order valence-corrected chi connectivity index (χ4v) is 2.87. The average Bonchev–Trinajstić information content (AvgIpc) is 2.87. The van der Waals surface area contributed by atoms with Crippen LogP contribution < -0.4 is 5.32 Å². The number of methoxy groups -OCH3 is 1. The van der Waals surface area contributed by atoms with Crippen LogP contribution in [0, 0.1) is 6.92 Å². The van der Waals surface area contributed by atoms with Gasteiger partial charge in [-0.15, -0.1) is 21.5 Å². The molecule has 0 bridgehead atoms. The van der Waals surface area contributed by atoms with E-state index in [0.717, 1.165) is 27.3 Å². The van der Waals surface area contributed by atoms with Gasteiger partial charge in [0.05, 0.1) is 22.7 Å². The van der Waals surface area contributed by atoms with Crippen molar-refractivity contribution in [3.8, 4) is 9.88 Å². The Balaban J connectivity index is 2.05. The Morgan fingerprint density at radius 1 is 1.44 bits per heavy atom. The summed E-state index contributed by atoms with van der Waals surface area (Å²) in [4.78, 5) is 5.29. The summed E-state index contributed by atoms with van der Waals surface area (Å²) in [5, 5.41) is 13.1. The Morgan fingerprint density at radius 3 is 3.00 bits per heavy atom. The molecule has 0 fully saturated rings. The van der Waals surface area contributed by atoms with Gasteiger partial charge in [-0.3, -0.25) is 0 Å². The van der Waals surface area contributed by atoms with E-state index in [1.54, 1.807) is 18.4 Å². The minimum Gasteiger partial charge on any atom is -0.383 e. The maximum absolute atomic E-state index is 4.95. The maximum atomic E-state index is 4.95. The summed E-state index contributed by atoms with van der Waals surface area (Å²) in [5.74, 6) is 0. The molecule has 0 saturated heterocycles. The molecule has 5 nitrogen and oxygen atoms in total. The molecule has 1 N–H and O–H groups in total. The van der Waals surface area contributed by atoms with Crippen molar-refractivity contribution >= 4 is 27.8 Å². The van der Waals surface area contributed by atoms with Crippen LogP contribution in [0.5, 0.6) is 0 Å². The van der Waals surface area contributed by atoms with Gasteiger partial charge in [0.1, 0.15) is 0 Å². The number of ether oxygens (including phenoxy) is 1. The van der Waals surface area contributed by atoms with Crippen molar-refractivity contribution < 1.29 is 4.74 Å². The van der Waals surface area contributed by atoms with Crippen molar-refractivity contribution in [2.45, 2.75) is 6.92 Å². The molecule has 16 heavy (non-hydrogen) atoms. The first-order chi connectivity index (χ1) is 7.81. The zero-order valence-corrected chi connectivity index (χ0v) is 10.7. The molecule has 0 aromatic carbocycles. The van der Waals surface area contributed by atoms with Gasteiger partial charge in [0.15, 0.2) is 5.01 Å². The third-order valence-electron chi connectivity index (χ3n) is 1.95. The molecule has 0 saturated carbocycles. The van der Waals surface area contributed by atoms with Gasteiger partial charge in [-0.05, 0) is 6.92 Å². The lowest BCUT2D eigenvalue weighted by Gasteiger charge is -1.98. The van der Waals surface area contributed by atoms with Crippen molar-refractivity contribution in [2.24, 2.45) is 0 Å². The predicted molar refractivity (Wildman–Crippen MR) is 66.1 cm³/mol. The SMILES string of the molecule is COCCNc1nnc(-c2scnc2C)s1. The molecule has 86 valence electrons. The number of aromatic nitrogens is 3. The van der Waals surface area contributed by atoms with Gasteiger partial charge < -0.3 is 10.1 Å². The Labute approximate surface area is 102 Å². The van der Waals surface area contributed by atoms with Crippen LogP contribution in [0.3, 0.4) is 0 Å². The quantitative estimate of drug-likeness (QED) is 0.829. The molecule has 0 unspecified atom stereocenters. The van der Waals surface area contributed by atoms with Crippen molar-refractivity contribution in [2.75, 3.05) is 25.6 Å². The highest BCUT2D eigenvalue weighted by Crippen LogP contribution is 2.31. The lowest BCUT2D eigenvalue weighted by Crippen LogP contribution is -2.06. The van der Waals surface area contributed by atoms with Gasteiger partial charge >= 0.3 is 0 Å². The summed E-state index contributed by atoms with van der Waals surface area (Å²) < 4.78 is 4.95. The second kappa shape index (κ2) is 5.33. The van der Waals surface area contributed by atoms with E-state index in [9.17, 15) is 0 Å². The van der Waals surface area contributed by atoms with Crippen molar-refractivity contribution in [3.05, 3.63) is 11.2 Å². The normalized spacial score (nSPS) is 10.6. The first-order valence-corrected chi connectivity index (χ1v) is 6.47. The number of nitrogens with zero attached hydrogens (tertiary/aromatic N) is 3. The highest BCUT2D eigenvalue weighted by molar-refractivity contribution is 7.22. The van der Waals surface area contributed by atoms with Gasteiger partial charge in [0.2, 0.25) is 5.13 Å². The van der Waals surface area contributed by atoms with Crippen LogP contribution in [-0.4, -0.2) is 35.4 Å². The van der Waals surface area contributed by atoms with E-state index >= 15 is 0 Å². The first kappa shape index (κ1) is 11.4. The summed E-state index contributed by atoms with van der Waals surface area (Å²) >= 11 is 3.13. The molecule has 7 heteroatoms. The van der Waals surface area contributed by atoms with Gasteiger partial charge in [0.25, 0.3) is 0 Å². The Bertz CT molecular complexity index is 454. The van der Waals surface area contributed by atoms with Gasteiger partial charge in [0, 0.05) is 13.7 Å². The predicted octanol–water partition coefficient (Wildman–Crippen LogP) is 2.03. The number of nitrogens with one attached hydrogen (secondary N) is 1. The molecular formula is C9H12N4OS2. The van der Waals surface area contributed by atoms with Crippen LogP contribution in [0.15, 0.2) is 5.51 Å². The summed E-state index contributed by atoms with van der Waals surface area (Å²) in [6.07, 6.45) is 0. The number of rotatable bonds is 5. The monoisotopic (exact) mass is 256 g/mol. The molecule has 0 radical (unpaired) electrons. The summed E-state index contributed by atoms with van der Waals surface area (Å²) in [6.45, 7) is 3.38. The van der Waals surface area contributed by atoms with E-state index in [4.69, 9.17) is 4.74 Å². The molecule has 0 aliphatic heterocycles. The molecule has 2 heterocycles. The van der Waals surface area contributed by atoms with Crippen molar-refractivity contribution in [3.63, 3.8) is 0 Å². The third-order valence-corrected chi connectivity index (χ3v) is 3.91. The third kappa shape index (κ3) is 2.55. The second-order valence-electron chi connectivity index (χ2n) is 3.10. The molecule has 0 atom stereocenters. The lowest BCUT2D eigenvalue weighted by molar-refractivity contribution is 0.211. The number of thiazole rings is 1. The minimum absolute atomic E-state index is 0.661. The Hall–Kier alpha value is -1.05. The Morgan fingerprint density at radius 2 is 2.31 bits per heavy atom. The number of hydrogen-bond donors (Lipinski definition) is 1. The molecule has 0 aliphatic rings. The highest BCUT2D eigenvalue weighted by atomic mass is 32.1. The summed E-state index contributed by atoms with van der Waals surface area (Å²) in [6, 6.07) is 0. The molecule has 2 aromatic heterocycles. The average molecular weight is 256 g/mol. The number of hydrogen-bond acceptors (Lipinski definition) is 7. The van der Waals surface area contributed by atoms with Gasteiger partial charge in [-0.25, -0.2) is 4.98 Å². The largest absolute Gasteiger partial charge is 0.383 e. The molecule has 0 spiro atoms. The van der Waals surface area contributed by atoms with Gasteiger partial charge in [-0.1, -0.05) is 11.3 Å². The van der Waals surface area contributed by atoms with E-state index < -0.39 is 0 Å². The maximum Gasteiger partial charge on any atom is 0.206 e. The minimum atomic E-state index is 0.661. The first-order valence-electron chi connectivity index (χ1n) is 4.78. The van der Waals surface area contributed by atoms with E-state index in [1.165, 1.54) is 11.3 Å². The van der Waals surface area contributed by atoms with E-state index in [2.05, 4.69) is 20.5 Å². The van der Waals surface area contributed by atoms with Crippen LogP contribution in [0.2, 0.25) is 0 Å². The molecule has 0 amide bonds. The van der Waals surface area contributed by atoms with Crippen LogP contribution in [0.4, 0.5) is 5.13 Å². The smallest absolute Gasteiger partial charge is 0.206 e. The Kier molecular flexibility index (Phi) is 3.81. The van der Waals surface area contributed by atoms with Crippen LogP contribution >= 0.6 is 22.7 Å². The second-order valence-corrected chi connectivity index (χ2v) is 4.93. The van der Waals surface area contributed by atoms with Gasteiger partial charge in [-0.2, -0.15) is 0 Å². The van der Waals surface area contributed by atoms with Crippen LogP contribution in [0.25, 0.3) is 9.88 Å². The van der Waals surface area contributed by atoms with Crippen molar-refractivity contribution in [1.29, 1.82) is 0 Å². The lowest BCUT2D eigenvalue weighted by atomic mass is 10.4. The summed E-state index contributed by atoms with van der Waals surface area (Å²) in [7, 11) is 1.67. The highest BCUT2D eigenvalue weighted by Gasteiger charge is 2.10. The number of aryl methyl sites for hydroxylation is 1. The number of anilines is 1. The van der Waals surface area contributed by atoms with Crippen LogP contribution in [-0.2, 0) is 4.74 Å². The standard InChI is InChI=1S/C9H12N4OS2/c1-6-7(15-5-11-6)8-12-13-9(16-8)10-3-4-14-2/h5H,3-4H2,1-2H3,(H,10,13). The topological polar surface area (TPSA) is 59.9 Å². The molecule has 2 rings (SSSR count). The van der Waals surface area contributed by atoms with E-state index in [0.29, 0.717) is 6.61 Å². The van der Waals surface area contributed by atoms with Crippen molar-refractivity contribution in [1.82, 2.24) is 15.2 Å². The molecule has 2 aromatic rings. The van der Waals surface area contributed by atoms with Crippen LogP contribution in [0.1, 0.15) is 5.69 Å². The zero-order chi connectivity index (χ0) is 11.4.